The number of phenols is 1. The molecule has 3 fully saturated rings. The fourth-order valence-corrected chi connectivity index (χ4v) is 6.37. The fraction of sp³-hybridized carbons (Fsp3) is 0.571. The molecule has 1 saturated carbocycles. The minimum atomic E-state index is -3.74. The number of carbonyl (C=O) groups is 3. The number of urea groups is 1. The summed E-state index contributed by atoms with van der Waals surface area (Å²) >= 11 is 0. The lowest BCUT2D eigenvalue weighted by atomic mass is 9.73. The third-order valence-corrected chi connectivity index (χ3v) is 8.64. The zero-order valence-corrected chi connectivity index (χ0v) is 18.8. The first-order chi connectivity index (χ1) is 15.1. The molecule has 0 bridgehead atoms. The number of nitrogens with one attached hydrogen (secondary N) is 2. The summed E-state index contributed by atoms with van der Waals surface area (Å²) in [6, 6.07) is 3.06. The smallest absolute Gasteiger partial charge is 0.325 e. The van der Waals surface area contributed by atoms with Gasteiger partial charge in [0.2, 0.25) is 15.9 Å². The number of amides is 4. The summed E-state index contributed by atoms with van der Waals surface area (Å²) in [5.41, 5.74) is -1.07. The van der Waals surface area contributed by atoms with Crippen molar-refractivity contribution in [2.24, 2.45) is 5.92 Å². The number of hydrogen-bond donors (Lipinski definition) is 3. The highest BCUT2D eigenvalue weighted by Gasteiger charge is 2.55. The van der Waals surface area contributed by atoms with Crippen LogP contribution < -0.4 is 10.6 Å². The number of aromatic hydroxyl groups is 1. The van der Waals surface area contributed by atoms with Crippen LogP contribution in [-0.2, 0) is 19.6 Å². The van der Waals surface area contributed by atoms with Gasteiger partial charge < -0.3 is 15.7 Å². The van der Waals surface area contributed by atoms with E-state index in [-0.39, 0.29) is 22.3 Å². The van der Waals surface area contributed by atoms with E-state index in [0.29, 0.717) is 19.5 Å². The Balaban J connectivity index is 1.49. The molecule has 3 N–H and O–H groups in total. The van der Waals surface area contributed by atoms with E-state index < -0.39 is 40.0 Å². The van der Waals surface area contributed by atoms with Crippen molar-refractivity contribution in [1.29, 1.82) is 0 Å². The Morgan fingerprint density at radius 2 is 1.94 bits per heavy atom. The zero-order chi connectivity index (χ0) is 23.1. The molecule has 4 rings (SSSR count). The van der Waals surface area contributed by atoms with E-state index >= 15 is 0 Å². The van der Waals surface area contributed by atoms with Crippen LogP contribution in [0.4, 0.5) is 10.5 Å². The van der Waals surface area contributed by atoms with E-state index in [4.69, 9.17) is 0 Å². The number of rotatable bonds is 5. The molecule has 32 heavy (non-hydrogen) atoms. The number of benzene rings is 1. The van der Waals surface area contributed by atoms with Crippen molar-refractivity contribution in [3.63, 3.8) is 0 Å². The van der Waals surface area contributed by atoms with Gasteiger partial charge >= 0.3 is 6.03 Å². The second kappa shape index (κ2) is 8.36. The standard InChI is InChI=1S/C21H28N4O6S/c1-14-6-2-3-9-21(14)19(28)25(20(29)23-21)13-18(27)22-16-12-15(7-8-17(16)26)32(30,31)24-10-4-5-11-24/h7-8,12,14,26H,2-6,9-11,13H2,1H3,(H,22,27)(H,23,29). The largest absolute Gasteiger partial charge is 0.506 e. The topological polar surface area (TPSA) is 136 Å². The maximum absolute atomic E-state index is 13.0. The van der Waals surface area contributed by atoms with Gasteiger partial charge in [-0.1, -0.05) is 19.8 Å². The van der Waals surface area contributed by atoms with E-state index in [9.17, 15) is 27.9 Å². The van der Waals surface area contributed by atoms with E-state index in [1.165, 1.54) is 22.5 Å². The van der Waals surface area contributed by atoms with Gasteiger partial charge in [0.05, 0.1) is 10.6 Å². The lowest BCUT2D eigenvalue weighted by Gasteiger charge is -2.36. The fourth-order valence-electron chi connectivity index (χ4n) is 4.83. The van der Waals surface area contributed by atoms with Gasteiger partial charge in [-0.15, -0.1) is 0 Å². The number of carbonyl (C=O) groups excluding carboxylic acids is 3. The minimum absolute atomic E-state index is 0.0303. The Morgan fingerprint density at radius 3 is 2.62 bits per heavy atom. The van der Waals surface area contributed by atoms with E-state index in [0.717, 1.165) is 37.0 Å². The Labute approximate surface area is 187 Å². The van der Waals surface area contributed by atoms with Gasteiger partial charge in [-0.25, -0.2) is 13.2 Å². The van der Waals surface area contributed by atoms with Crippen LogP contribution >= 0.6 is 0 Å². The molecule has 11 heteroatoms. The first-order valence-corrected chi connectivity index (χ1v) is 12.4. The number of imide groups is 1. The molecule has 0 radical (unpaired) electrons. The lowest BCUT2D eigenvalue weighted by molar-refractivity contribution is -0.136. The average molecular weight is 465 g/mol. The summed E-state index contributed by atoms with van der Waals surface area (Å²) in [7, 11) is -3.74. The quantitative estimate of drug-likeness (QED) is 0.447. The Kier molecular flexibility index (Phi) is 5.89. The molecule has 1 aliphatic carbocycles. The highest BCUT2D eigenvalue weighted by atomic mass is 32.2. The molecular formula is C21H28N4O6S. The van der Waals surface area contributed by atoms with E-state index in [1.54, 1.807) is 0 Å². The monoisotopic (exact) mass is 464 g/mol. The summed E-state index contributed by atoms with van der Waals surface area (Å²) < 4.78 is 26.9. The summed E-state index contributed by atoms with van der Waals surface area (Å²) in [5, 5.41) is 15.4. The molecule has 10 nitrogen and oxygen atoms in total. The minimum Gasteiger partial charge on any atom is -0.506 e. The molecule has 2 aliphatic heterocycles. The number of sulfonamides is 1. The molecule has 2 atom stereocenters. The molecule has 0 aromatic heterocycles. The van der Waals surface area contributed by atoms with Crippen molar-refractivity contribution in [3.05, 3.63) is 18.2 Å². The van der Waals surface area contributed by atoms with Gasteiger partial charge in [0.15, 0.2) is 0 Å². The maximum Gasteiger partial charge on any atom is 0.325 e. The summed E-state index contributed by atoms with van der Waals surface area (Å²) in [6.45, 7) is 2.25. The van der Waals surface area contributed by atoms with Crippen molar-refractivity contribution in [2.45, 2.75) is 55.9 Å². The SMILES string of the molecule is CC1CCCCC12NC(=O)N(CC(=O)Nc1cc(S(=O)(=O)N3CCCC3)ccc1O)C2=O. The summed E-state index contributed by atoms with van der Waals surface area (Å²) in [6.07, 6.45) is 4.73. The van der Waals surface area contributed by atoms with Gasteiger partial charge in [0, 0.05) is 13.1 Å². The number of anilines is 1. The van der Waals surface area contributed by atoms with E-state index in [1.807, 2.05) is 6.92 Å². The van der Waals surface area contributed by atoms with Gasteiger partial charge in [0.1, 0.15) is 17.8 Å². The van der Waals surface area contributed by atoms with Crippen LogP contribution in [0.15, 0.2) is 23.1 Å². The zero-order valence-electron chi connectivity index (χ0n) is 18.0. The molecule has 1 aromatic carbocycles. The van der Waals surface area contributed by atoms with Gasteiger partial charge in [-0.05, 0) is 49.8 Å². The van der Waals surface area contributed by atoms with Crippen molar-refractivity contribution in [3.8, 4) is 5.75 Å². The maximum atomic E-state index is 13.0. The Hall–Kier alpha value is -2.66. The first kappa shape index (κ1) is 22.5. The van der Waals surface area contributed by atoms with Crippen LogP contribution in [0.25, 0.3) is 0 Å². The van der Waals surface area contributed by atoms with Crippen LogP contribution in [0.2, 0.25) is 0 Å². The molecule has 1 aromatic rings. The molecule has 2 unspecified atom stereocenters. The van der Waals surface area contributed by atoms with Crippen molar-refractivity contribution >= 4 is 33.6 Å². The van der Waals surface area contributed by atoms with Crippen molar-refractivity contribution in [2.75, 3.05) is 25.0 Å². The van der Waals surface area contributed by atoms with Crippen LogP contribution in [0.3, 0.4) is 0 Å². The van der Waals surface area contributed by atoms with Crippen molar-refractivity contribution in [1.82, 2.24) is 14.5 Å². The first-order valence-electron chi connectivity index (χ1n) is 10.9. The predicted molar refractivity (Wildman–Crippen MR) is 115 cm³/mol. The van der Waals surface area contributed by atoms with E-state index in [2.05, 4.69) is 10.6 Å². The van der Waals surface area contributed by atoms with Gasteiger partial charge in [-0.3, -0.25) is 14.5 Å². The number of phenolic OH excluding ortho intramolecular Hbond substituents is 1. The number of hydrogen-bond acceptors (Lipinski definition) is 6. The van der Waals surface area contributed by atoms with Crippen LogP contribution in [0.5, 0.6) is 5.75 Å². The summed E-state index contributed by atoms with van der Waals surface area (Å²) in [5.74, 6) is -1.47. The summed E-state index contributed by atoms with van der Waals surface area (Å²) in [4.78, 5) is 39.0. The Bertz CT molecular complexity index is 1050. The molecule has 1 spiro atoms. The molecule has 2 saturated heterocycles. The molecule has 3 aliphatic rings. The van der Waals surface area contributed by atoms with Crippen LogP contribution in [0.1, 0.15) is 45.4 Å². The second-order valence-corrected chi connectivity index (χ2v) is 10.7. The third-order valence-electron chi connectivity index (χ3n) is 6.75. The molecule has 2 heterocycles. The molecular weight excluding hydrogens is 436 g/mol. The number of nitrogens with zero attached hydrogens (tertiary/aromatic N) is 2. The van der Waals surface area contributed by atoms with Crippen LogP contribution in [0, 0.1) is 5.92 Å². The average Bonchev–Trinajstić information content (AvgIpc) is 3.37. The molecule has 4 amide bonds. The lowest BCUT2D eigenvalue weighted by Crippen LogP contribution is -2.54. The normalized spacial score (nSPS) is 26.5. The highest BCUT2D eigenvalue weighted by molar-refractivity contribution is 7.89. The molecule has 174 valence electrons. The predicted octanol–water partition coefficient (Wildman–Crippen LogP) is 1.62. The third kappa shape index (κ3) is 3.83. The van der Waals surface area contributed by atoms with Crippen LogP contribution in [-0.4, -0.2) is 65.7 Å². The highest BCUT2D eigenvalue weighted by Crippen LogP contribution is 2.38. The Morgan fingerprint density at radius 1 is 1.22 bits per heavy atom. The van der Waals surface area contributed by atoms with Gasteiger partial charge in [0.25, 0.3) is 5.91 Å². The van der Waals surface area contributed by atoms with Crippen molar-refractivity contribution < 1.29 is 27.9 Å². The second-order valence-electron chi connectivity index (χ2n) is 8.78. The van der Waals surface area contributed by atoms with Gasteiger partial charge in [-0.2, -0.15) is 4.31 Å².